The first-order chi connectivity index (χ1) is 11.0. The molecule has 0 radical (unpaired) electrons. The molecule has 0 bridgehead atoms. The van der Waals surface area contributed by atoms with Gasteiger partial charge in [-0.25, -0.2) is 0 Å². The predicted molar refractivity (Wildman–Crippen MR) is 95.3 cm³/mol. The molecule has 2 atom stereocenters. The average molecular weight is 314 g/mol. The van der Waals surface area contributed by atoms with E-state index < -0.39 is 0 Å². The number of hydrogen-bond donors (Lipinski definition) is 1. The Hall–Kier alpha value is -2.07. The molecule has 4 nitrogen and oxygen atoms in total. The molecule has 0 aromatic heterocycles. The minimum Gasteiger partial charge on any atom is -0.372 e. The Bertz CT molecular complexity index is 580. The summed E-state index contributed by atoms with van der Waals surface area (Å²) in [7, 11) is 0. The van der Waals surface area contributed by atoms with Crippen LogP contribution in [0.5, 0.6) is 0 Å². The van der Waals surface area contributed by atoms with Crippen molar-refractivity contribution in [3.63, 3.8) is 0 Å². The minimum absolute atomic E-state index is 0.262. The lowest BCUT2D eigenvalue weighted by Gasteiger charge is -2.36. The summed E-state index contributed by atoms with van der Waals surface area (Å²) in [6.07, 6.45) is 4.95. The van der Waals surface area contributed by atoms with E-state index in [4.69, 9.17) is 4.74 Å². The molecule has 1 saturated heterocycles. The van der Waals surface area contributed by atoms with Crippen molar-refractivity contribution in [3.8, 4) is 0 Å². The highest BCUT2D eigenvalue weighted by atomic mass is 16.5. The summed E-state index contributed by atoms with van der Waals surface area (Å²) in [5, 5.41) is 2.56. The van der Waals surface area contributed by atoms with Crippen LogP contribution in [-0.4, -0.2) is 31.7 Å². The second-order valence-corrected chi connectivity index (χ2v) is 6.21. The van der Waals surface area contributed by atoms with Crippen LogP contribution in [0.2, 0.25) is 0 Å². The van der Waals surface area contributed by atoms with Gasteiger partial charge >= 0.3 is 0 Å². The highest BCUT2D eigenvalue weighted by Crippen LogP contribution is 2.23. The summed E-state index contributed by atoms with van der Waals surface area (Å²) in [6, 6.07) is 8.62. The fraction of sp³-hybridized carbons (Fsp3) is 0.421. The Morgan fingerprint density at radius 3 is 2.35 bits per heavy atom. The van der Waals surface area contributed by atoms with Gasteiger partial charge in [-0.05, 0) is 56.5 Å². The van der Waals surface area contributed by atoms with Crippen molar-refractivity contribution in [1.82, 2.24) is 5.32 Å². The molecule has 0 spiro atoms. The molecule has 1 heterocycles. The van der Waals surface area contributed by atoms with Gasteiger partial charge in [0.2, 0.25) is 6.41 Å². The summed E-state index contributed by atoms with van der Waals surface area (Å²) in [6.45, 7) is 10.1. The summed E-state index contributed by atoms with van der Waals surface area (Å²) in [5.41, 5.74) is 4.59. The molecule has 4 heteroatoms. The molecule has 1 aliphatic heterocycles. The summed E-state index contributed by atoms with van der Waals surface area (Å²) in [4.78, 5) is 12.7. The molecule has 0 saturated carbocycles. The molecular weight excluding hydrogens is 288 g/mol. The molecular formula is C19H26N2O2. The monoisotopic (exact) mass is 314 g/mol. The van der Waals surface area contributed by atoms with Gasteiger partial charge in [-0.1, -0.05) is 18.2 Å². The molecule has 2 unspecified atom stereocenters. The van der Waals surface area contributed by atoms with Gasteiger partial charge in [-0.2, -0.15) is 0 Å². The van der Waals surface area contributed by atoms with E-state index in [1.54, 1.807) is 6.20 Å². The molecule has 23 heavy (non-hydrogen) atoms. The summed E-state index contributed by atoms with van der Waals surface area (Å²) in [5.74, 6) is 0. The largest absolute Gasteiger partial charge is 0.372 e. The van der Waals surface area contributed by atoms with Crippen molar-refractivity contribution in [1.29, 1.82) is 0 Å². The van der Waals surface area contributed by atoms with Gasteiger partial charge in [0.05, 0.1) is 12.2 Å². The van der Waals surface area contributed by atoms with E-state index in [2.05, 4.69) is 61.3 Å². The zero-order valence-corrected chi connectivity index (χ0v) is 14.4. The van der Waals surface area contributed by atoms with Crippen molar-refractivity contribution in [2.24, 2.45) is 0 Å². The maximum atomic E-state index is 10.3. The van der Waals surface area contributed by atoms with Crippen molar-refractivity contribution in [2.45, 2.75) is 39.9 Å². The number of carbonyl (C=O) groups excluding carboxylic acids is 1. The lowest BCUT2D eigenvalue weighted by Crippen LogP contribution is -2.45. The van der Waals surface area contributed by atoms with E-state index in [1.165, 1.54) is 16.8 Å². The molecule has 124 valence electrons. The fourth-order valence-electron chi connectivity index (χ4n) is 2.96. The third kappa shape index (κ3) is 4.96. The van der Waals surface area contributed by atoms with Gasteiger partial charge in [0, 0.05) is 25.0 Å². The number of nitrogens with zero attached hydrogens (tertiary/aromatic N) is 1. The number of amides is 1. The smallest absolute Gasteiger partial charge is 0.211 e. The van der Waals surface area contributed by atoms with E-state index in [9.17, 15) is 4.79 Å². The zero-order chi connectivity index (χ0) is 16.8. The number of carbonyl (C=O) groups is 1. The van der Waals surface area contributed by atoms with E-state index in [0.717, 1.165) is 18.7 Å². The first-order valence-electron chi connectivity index (χ1n) is 8.05. The lowest BCUT2D eigenvalue weighted by molar-refractivity contribution is -0.108. The number of anilines is 1. The number of rotatable bonds is 5. The van der Waals surface area contributed by atoms with Gasteiger partial charge in [0.15, 0.2) is 0 Å². The molecule has 1 fully saturated rings. The van der Waals surface area contributed by atoms with Crippen LogP contribution >= 0.6 is 0 Å². The Labute approximate surface area is 138 Å². The molecule has 1 N–H and O–H groups in total. The van der Waals surface area contributed by atoms with Gasteiger partial charge in [-0.15, -0.1) is 0 Å². The Morgan fingerprint density at radius 1 is 1.17 bits per heavy atom. The van der Waals surface area contributed by atoms with E-state index in [-0.39, 0.29) is 12.2 Å². The SMILES string of the molecule is CC(=C/NC=O)/C=C(/C)c1ccc(N2CC(C)OC(C)C2)cc1. The van der Waals surface area contributed by atoms with Crippen molar-refractivity contribution < 1.29 is 9.53 Å². The van der Waals surface area contributed by atoms with Crippen LogP contribution in [0.15, 0.2) is 42.1 Å². The number of morpholine rings is 1. The van der Waals surface area contributed by atoms with Crippen LogP contribution in [0.25, 0.3) is 5.57 Å². The maximum absolute atomic E-state index is 10.3. The van der Waals surface area contributed by atoms with Crippen LogP contribution in [0, 0.1) is 0 Å². The second-order valence-electron chi connectivity index (χ2n) is 6.21. The van der Waals surface area contributed by atoms with Gasteiger partial charge in [0.1, 0.15) is 0 Å². The number of allylic oxidation sites excluding steroid dienone is 3. The third-order valence-electron chi connectivity index (χ3n) is 3.93. The molecule has 1 amide bonds. The Morgan fingerprint density at radius 2 is 1.78 bits per heavy atom. The normalized spacial score (nSPS) is 22.9. The predicted octanol–water partition coefficient (Wildman–Crippen LogP) is 3.35. The van der Waals surface area contributed by atoms with Gasteiger partial charge in [0.25, 0.3) is 0 Å². The van der Waals surface area contributed by atoms with Crippen molar-refractivity contribution >= 4 is 17.7 Å². The standard InChI is InChI=1S/C19H26N2O2/c1-14(10-20-13-22)9-15(2)18-5-7-19(8-6-18)21-11-16(3)23-17(4)12-21/h5-10,13,16-17H,11-12H2,1-4H3,(H,20,22)/b14-10-,15-9-. The number of ether oxygens (including phenoxy) is 1. The van der Waals surface area contributed by atoms with E-state index in [1.807, 2.05) is 6.92 Å². The molecule has 1 aromatic carbocycles. The highest BCUT2D eigenvalue weighted by molar-refractivity contribution is 5.68. The number of benzene rings is 1. The van der Waals surface area contributed by atoms with Crippen LogP contribution in [0.4, 0.5) is 5.69 Å². The Kier molecular flexibility index (Phi) is 5.99. The van der Waals surface area contributed by atoms with Gasteiger partial charge < -0.3 is 15.0 Å². The topological polar surface area (TPSA) is 41.6 Å². The van der Waals surface area contributed by atoms with Gasteiger partial charge in [-0.3, -0.25) is 4.79 Å². The first kappa shape index (κ1) is 17.3. The van der Waals surface area contributed by atoms with Crippen LogP contribution in [-0.2, 0) is 9.53 Å². The minimum atomic E-state index is 0.262. The quantitative estimate of drug-likeness (QED) is 0.669. The molecule has 1 aliphatic rings. The maximum Gasteiger partial charge on any atom is 0.211 e. The van der Waals surface area contributed by atoms with Crippen molar-refractivity contribution in [2.75, 3.05) is 18.0 Å². The zero-order valence-electron chi connectivity index (χ0n) is 14.4. The van der Waals surface area contributed by atoms with Crippen molar-refractivity contribution in [3.05, 3.63) is 47.7 Å². The average Bonchev–Trinajstić information content (AvgIpc) is 2.52. The third-order valence-corrected chi connectivity index (χ3v) is 3.93. The molecule has 0 aliphatic carbocycles. The molecule has 1 aromatic rings. The first-order valence-corrected chi connectivity index (χ1v) is 8.05. The van der Waals surface area contributed by atoms with Crippen LogP contribution in [0.1, 0.15) is 33.3 Å². The van der Waals surface area contributed by atoms with Crippen LogP contribution in [0.3, 0.4) is 0 Å². The fourth-order valence-corrected chi connectivity index (χ4v) is 2.96. The second kappa shape index (κ2) is 7.97. The number of nitrogens with one attached hydrogen (secondary N) is 1. The lowest BCUT2D eigenvalue weighted by atomic mass is 10.0. The van der Waals surface area contributed by atoms with Crippen LogP contribution < -0.4 is 10.2 Å². The Balaban J connectivity index is 2.09. The summed E-state index contributed by atoms with van der Waals surface area (Å²) < 4.78 is 5.79. The molecule has 2 rings (SSSR count). The summed E-state index contributed by atoms with van der Waals surface area (Å²) >= 11 is 0. The highest BCUT2D eigenvalue weighted by Gasteiger charge is 2.22. The number of hydrogen-bond acceptors (Lipinski definition) is 3. The van der Waals surface area contributed by atoms with E-state index in [0.29, 0.717) is 6.41 Å². The van der Waals surface area contributed by atoms with E-state index >= 15 is 0 Å².